The number of carbonyl (C=O) groups excluding carboxylic acids is 1. The number of nitrogens with zero attached hydrogens (tertiary/aromatic N) is 2. The molecule has 144 valence electrons. The van der Waals surface area contributed by atoms with Gasteiger partial charge in [0.15, 0.2) is 11.5 Å². The summed E-state index contributed by atoms with van der Waals surface area (Å²) in [7, 11) is 3.31. The minimum absolute atomic E-state index is 0.172. The van der Waals surface area contributed by atoms with Gasteiger partial charge in [-0.1, -0.05) is 30.3 Å². The summed E-state index contributed by atoms with van der Waals surface area (Å²) in [6, 6.07) is 14.2. The first-order valence-corrected chi connectivity index (χ1v) is 9.42. The molecule has 2 aromatic carbocycles. The standard InChI is InChI=1S/C22H28N2O3/c1-4-24(14-17-8-6-5-7-9-17)22(25)16-23-11-10-18-12-20(26-2)21(27-3)13-19(18)15-23/h5-9,12-13H,4,10-11,14-16H2,1-3H3. The van der Waals surface area contributed by atoms with Crippen LogP contribution in [0, 0.1) is 0 Å². The van der Waals surface area contributed by atoms with E-state index in [0.717, 1.165) is 36.6 Å². The van der Waals surface area contributed by atoms with Gasteiger partial charge in [-0.2, -0.15) is 0 Å². The van der Waals surface area contributed by atoms with Crippen LogP contribution in [0.1, 0.15) is 23.6 Å². The zero-order valence-electron chi connectivity index (χ0n) is 16.4. The van der Waals surface area contributed by atoms with Crippen LogP contribution in [0.25, 0.3) is 0 Å². The van der Waals surface area contributed by atoms with Crippen LogP contribution in [0.2, 0.25) is 0 Å². The smallest absolute Gasteiger partial charge is 0.237 e. The molecule has 3 rings (SSSR count). The van der Waals surface area contributed by atoms with Crippen molar-refractivity contribution < 1.29 is 14.3 Å². The fourth-order valence-corrected chi connectivity index (χ4v) is 3.55. The van der Waals surface area contributed by atoms with Gasteiger partial charge < -0.3 is 14.4 Å². The van der Waals surface area contributed by atoms with Crippen molar-refractivity contribution in [3.8, 4) is 11.5 Å². The summed E-state index contributed by atoms with van der Waals surface area (Å²) in [6.07, 6.45) is 0.910. The second-order valence-corrected chi connectivity index (χ2v) is 6.83. The summed E-state index contributed by atoms with van der Waals surface area (Å²) in [5.74, 6) is 1.68. The van der Waals surface area contributed by atoms with Crippen LogP contribution in [-0.4, -0.2) is 49.6 Å². The lowest BCUT2D eigenvalue weighted by Gasteiger charge is -2.31. The molecule has 2 aromatic rings. The molecule has 0 unspecified atom stereocenters. The molecule has 0 saturated carbocycles. The van der Waals surface area contributed by atoms with Gasteiger partial charge in [0.2, 0.25) is 5.91 Å². The molecule has 1 aliphatic heterocycles. The normalized spacial score (nSPS) is 13.7. The molecular weight excluding hydrogens is 340 g/mol. The average Bonchev–Trinajstić information content (AvgIpc) is 2.71. The lowest BCUT2D eigenvalue weighted by Crippen LogP contribution is -2.41. The van der Waals surface area contributed by atoms with E-state index < -0.39 is 0 Å². The van der Waals surface area contributed by atoms with Gasteiger partial charge in [-0.3, -0.25) is 9.69 Å². The van der Waals surface area contributed by atoms with Crippen LogP contribution in [-0.2, 0) is 24.3 Å². The van der Waals surface area contributed by atoms with E-state index in [2.05, 4.69) is 23.1 Å². The molecule has 0 aromatic heterocycles. The number of benzene rings is 2. The highest BCUT2D eigenvalue weighted by Gasteiger charge is 2.23. The highest BCUT2D eigenvalue weighted by atomic mass is 16.5. The molecule has 27 heavy (non-hydrogen) atoms. The lowest BCUT2D eigenvalue weighted by atomic mass is 9.98. The molecule has 5 nitrogen and oxygen atoms in total. The summed E-state index contributed by atoms with van der Waals surface area (Å²) >= 11 is 0. The Hall–Kier alpha value is -2.53. The molecule has 0 atom stereocenters. The third kappa shape index (κ3) is 4.61. The number of amides is 1. The van der Waals surface area contributed by atoms with Gasteiger partial charge in [-0.05, 0) is 42.2 Å². The van der Waals surface area contributed by atoms with Crippen molar-refractivity contribution in [3.63, 3.8) is 0 Å². The van der Waals surface area contributed by atoms with E-state index in [9.17, 15) is 4.79 Å². The summed E-state index contributed by atoms with van der Waals surface area (Å²) < 4.78 is 10.8. The molecule has 0 saturated heterocycles. The molecule has 0 aliphatic carbocycles. The Morgan fingerprint density at radius 1 is 1.07 bits per heavy atom. The van der Waals surface area contributed by atoms with E-state index >= 15 is 0 Å². The summed E-state index contributed by atoms with van der Waals surface area (Å²) in [5.41, 5.74) is 3.64. The topological polar surface area (TPSA) is 42.0 Å². The Morgan fingerprint density at radius 3 is 2.37 bits per heavy atom. The minimum Gasteiger partial charge on any atom is -0.493 e. The molecule has 1 heterocycles. The first-order chi connectivity index (χ1) is 13.1. The Kier molecular flexibility index (Phi) is 6.35. The highest BCUT2D eigenvalue weighted by Crippen LogP contribution is 2.33. The van der Waals surface area contributed by atoms with Crippen molar-refractivity contribution in [1.82, 2.24) is 9.80 Å². The Bertz CT molecular complexity index is 777. The molecule has 1 amide bonds. The van der Waals surface area contributed by atoms with E-state index in [1.165, 1.54) is 11.1 Å². The van der Waals surface area contributed by atoms with Crippen molar-refractivity contribution in [2.45, 2.75) is 26.4 Å². The maximum atomic E-state index is 12.8. The minimum atomic E-state index is 0.172. The van der Waals surface area contributed by atoms with E-state index in [4.69, 9.17) is 9.47 Å². The fourth-order valence-electron chi connectivity index (χ4n) is 3.55. The Morgan fingerprint density at radius 2 is 1.74 bits per heavy atom. The SMILES string of the molecule is CCN(Cc1ccccc1)C(=O)CN1CCc2cc(OC)c(OC)cc2C1. The second-order valence-electron chi connectivity index (χ2n) is 6.83. The van der Waals surface area contributed by atoms with Crippen molar-refractivity contribution in [2.75, 3.05) is 33.9 Å². The van der Waals surface area contributed by atoms with Crippen LogP contribution in [0.15, 0.2) is 42.5 Å². The third-order valence-corrected chi connectivity index (χ3v) is 5.11. The van der Waals surface area contributed by atoms with E-state index in [-0.39, 0.29) is 5.91 Å². The zero-order valence-corrected chi connectivity index (χ0v) is 16.4. The highest BCUT2D eigenvalue weighted by molar-refractivity contribution is 5.78. The van der Waals surface area contributed by atoms with Crippen LogP contribution in [0.5, 0.6) is 11.5 Å². The van der Waals surface area contributed by atoms with Gasteiger partial charge in [0.1, 0.15) is 0 Å². The maximum Gasteiger partial charge on any atom is 0.237 e. The number of hydrogen-bond donors (Lipinski definition) is 0. The zero-order chi connectivity index (χ0) is 19.2. The summed E-state index contributed by atoms with van der Waals surface area (Å²) in [5, 5.41) is 0. The van der Waals surface area contributed by atoms with E-state index in [0.29, 0.717) is 19.6 Å². The van der Waals surface area contributed by atoms with Crippen molar-refractivity contribution >= 4 is 5.91 Å². The number of rotatable bonds is 7. The first-order valence-electron chi connectivity index (χ1n) is 9.42. The van der Waals surface area contributed by atoms with Gasteiger partial charge in [-0.15, -0.1) is 0 Å². The fraction of sp³-hybridized carbons (Fsp3) is 0.409. The van der Waals surface area contributed by atoms with Gasteiger partial charge >= 0.3 is 0 Å². The number of hydrogen-bond acceptors (Lipinski definition) is 4. The third-order valence-electron chi connectivity index (χ3n) is 5.11. The monoisotopic (exact) mass is 368 g/mol. The van der Waals surface area contributed by atoms with Crippen LogP contribution in [0.3, 0.4) is 0 Å². The van der Waals surface area contributed by atoms with Gasteiger partial charge in [0.25, 0.3) is 0 Å². The second kappa shape index (κ2) is 8.91. The van der Waals surface area contributed by atoms with Crippen LogP contribution in [0.4, 0.5) is 0 Å². The van der Waals surface area contributed by atoms with Crippen molar-refractivity contribution in [1.29, 1.82) is 0 Å². The predicted molar refractivity (Wildman–Crippen MR) is 106 cm³/mol. The largest absolute Gasteiger partial charge is 0.493 e. The molecular formula is C22H28N2O3. The number of ether oxygens (including phenoxy) is 2. The van der Waals surface area contributed by atoms with Crippen molar-refractivity contribution in [2.24, 2.45) is 0 Å². The molecule has 1 aliphatic rings. The predicted octanol–water partition coefficient (Wildman–Crippen LogP) is 3.11. The Balaban J connectivity index is 1.65. The van der Waals surface area contributed by atoms with Gasteiger partial charge in [-0.25, -0.2) is 0 Å². The molecule has 0 spiro atoms. The summed E-state index contributed by atoms with van der Waals surface area (Å²) in [6.45, 7) is 5.47. The van der Waals surface area contributed by atoms with Crippen LogP contribution < -0.4 is 9.47 Å². The van der Waals surface area contributed by atoms with Crippen LogP contribution >= 0.6 is 0 Å². The maximum absolute atomic E-state index is 12.8. The quantitative estimate of drug-likeness (QED) is 0.753. The van der Waals surface area contributed by atoms with E-state index in [1.807, 2.05) is 36.1 Å². The molecule has 0 N–H and O–H groups in total. The first kappa shape index (κ1) is 19.2. The Labute approximate surface area is 161 Å². The number of methoxy groups -OCH3 is 2. The number of likely N-dealkylation sites (N-methyl/N-ethyl adjacent to an activating group) is 1. The summed E-state index contributed by atoms with van der Waals surface area (Å²) in [4.78, 5) is 17.0. The number of carbonyl (C=O) groups is 1. The lowest BCUT2D eigenvalue weighted by molar-refractivity contribution is -0.133. The van der Waals surface area contributed by atoms with Gasteiger partial charge in [0.05, 0.1) is 20.8 Å². The molecule has 0 fully saturated rings. The van der Waals surface area contributed by atoms with Crippen molar-refractivity contribution in [3.05, 3.63) is 59.2 Å². The van der Waals surface area contributed by atoms with Gasteiger partial charge in [0, 0.05) is 26.2 Å². The average molecular weight is 368 g/mol. The number of fused-ring (bicyclic) bond motifs is 1. The van der Waals surface area contributed by atoms with E-state index in [1.54, 1.807) is 14.2 Å². The molecule has 0 radical (unpaired) electrons. The molecule has 5 heteroatoms. The molecule has 0 bridgehead atoms.